The Balaban J connectivity index is 1.79. The molecule has 1 fully saturated rings. The third-order valence-electron chi connectivity index (χ3n) is 4.46. The molecule has 138 valence electrons. The molecule has 1 aliphatic heterocycles. The highest BCUT2D eigenvalue weighted by Crippen LogP contribution is 2.22. The Morgan fingerprint density at radius 1 is 1.08 bits per heavy atom. The fourth-order valence-electron chi connectivity index (χ4n) is 3.00. The molecular weight excluding hydrogens is 354 g/mol. The molecule has 1 unspecified atom stereocenters. The zero-order chi connectivity index (χ0) is 18.7. The first-order valence-electron chi connectivity index (χ1n) is 8.26. The first-order valence-corrected chi connectivity index (χ1v) is 9.70. The highest BCUT2D eigenvalue weighted by atomic mass is 32.2. The summed E-state index contributed by atoms with van der Waals surface area (Å²) in [7, 11) is -3.71. The number of nitrogen functional groups attached to an aromatic ring is 1. The molecule has 0 aromatic heterocycles. The van der Waals surface area contributed by atoms with Crippen LogP contribution >= 0.6 is 0 Å². The first-order chi connectivity index (χ1) is 12.4. The van der Waals surface area contributed by atoms with Gasteiger partial charge < -0.3 is 15.7 Å². The minimum absolute atomic E-state index is 0.0434. The normalized spacial score (nSPS) is 18.7. The lowest BCUT2D eigenvalue weighted by Crippen LogP contribution is -2.57. The maximum atomic E-state index is 12.8. The summed E-state index contributed by atoms with van der Waals surface area (Å²) in [5.41, 5.74) is 6.61. The van der Waals surface area contributed by atoms with Crippen LogP contribution in [0, 0.1) is 0 Å². The number of aliphatic hydroxyl groups is 1. The number of amides is 1. The zero-order valence-electron chi connectivity index (χ0n) is 14.2. The summed E-state index contributed by atoms with van der Waals surface area (Å²) in [6.45, 7) is 0.114. The smallest absolute Gasteiger partial charge is 0.254 e. The molecular formula is C18H21N3O4S. The summed E-state index contributed by atoms with van der Waals surface area (Å²) in [4.78, 5) is 14.3. The molecule has 0 radical (unpaired) electrons. The standard InChI is InChI=1S/C18H21N3O4S/c19-15-6-8-17(9-7-15)26(24,25)20-10-11-21(16(12-20)13-22)18(23)14-4-2-1-3-5-14/h1-9,16,22H,10-13,19H2. The van der Waals surface area contributed by atoms with Crippen LogP contribution in [0.5, 0.6) is 0 Å². The summed E-state index contributed by atoms with van der Waals surface area (Å²) >= 11 is 0. The fourth-order valence-corrected chi connectivity index (χ4v) is 4.47. The van der Waals surface area contributed by atoms with Crippen molar-refractivity contribution in [3.63, 3.8) is 0 Å². The fraction of sp³-hybridized carbons (Fsp3) is 0.278. The van der Waals surface area contributed by atoms with E-state index in [1.165, 1.54) is 33.5 Å². The molecule has 1 aliphatic rings. The van der Waals surface area contributed by atoms with Gasteiger partial charge in [0.2, 0.25) is 10.0 Å². The number of hydrogen-bond donors (Lipinski definition) is 2. The molecule has 1 saturated heterocycles. The molecule has 1 heterocycles. The molecule has 0 aliphatic carbocycles. The van der Waals surface area contributed by atoms with Crippen molar-refractivity contribution in [3.05, 3.63) is 60.2 Å². The van der Waals surface area contributed by atoms with Gasteiger partial charge in [0.1, 0.15) is 0 Å². The molecule has 3 rings (SSSR count). The van der Waals surface area contributed by atoms with E-state index in [0.29, 0.717) is 11.3 Å². The molecule has 8 heteroatoms. The van der Waals surface area contributed by atoms with Crippen molar-refractivity contribution in [2.45, 2.75) is 10.9 Å². The van der Waals surface area contributed by atoms with Crippen LogP contribution < -0.4 is 5.73 Å². The van der Waals surface area contributed by atoms with Crippen LogP contribution in [0.4, 0.5) is 5.69 Å². The number of nitrogens with two attached hydrogens (primary N) is 1. The largest absolute Gasteiger partial charge is 0.399 e. The Hall–Kier alpha value is -2.42. The van der Waals surface area contributed by atoms with Crippen molar-refractivity contribution in [2.24, 2.45) is 0 Å². The first kappa shape index (κ1) is 18.4. The highest BCUT2D eigenvalue weighted by molar-refractivity contribution is 7.89. The number of benzene rings is 2. The van der Waals surface area contributed by atoms with E-state index >= 15 is 0 Å². The summed E-state index contributed by atoms with van der Waals surface area (Å²) in [5.74, 6) is -0.214. The third-order valence-corrected chi connectivity index (χ3v) is 6.34. The average molecular weight is 375 g/mol. The van der Waals surface area contributed by atoms with Crippen LogP contribution in [0.3, 0.4) is 0 Å². The molecule has 1 amide bonds. The van der Waals surface area contributed by atoms with Crippen LogP contribution in [-0.4, -0.2) is 60.9 Å². The van der Waals surface area contributed by atoms with E-state index in [0.717, 1.165) is 0 Å². The van der Waals surface area contributed by atoms with E-state index in [4.69, 9.17) is 5.73 Å². The number of sulfonamides is 1. The van der Waals surface area contributed by atoms with Gasteiger partial charge in [0.15, 0.2) is 0 Å². The lowest BCUT2D eigenvalue weighted by molar-refractivity contribution is 0.0439. The molecule has 0 bridgehead atoms. The van der Waals surface area contributed by atoms with Crippen LogP contribution in [0.2, 0.25) is 0 Å². The monoisotopic (exact) mass is 375 g/mol. The molecule has 26 heavy (non-hydrogen) atoms. The second-order valence-electron chi connectivity index (χ2n) is 6.13. The van der Waals surface area contributed by atoms with E-state index in [9.17, 15) is 18.3 Å². The highest BCUT2D eigenvalue weighted by Gasteiger charge is 2.36. The summed E-state index contributed by atoms with van der Waals surface area (Å²) in [6, 6.07) is 14.1. The predicted octanol–water partition coefficient (Wildman–Crippen LogP) is 0.776. The third kappa shape index (κ3) is 3.57. The SMILES string of the molecule is Nc1ccc(S(=O)(=O)N2CCN(C(=O)c3ccccc3)C(CO)C2)cc1. The number of piperazine rings is 1. The van der Waals surface area contributed by atoms with E-state index in [1.54, 1.807) is 24.3 Å². The van der Waals surface area contributed by atoms with Crippen molar-refractivity contribution >= 4 is 21.6 Å². The average Bonchev–Trinajstić information content (AvgIpc) is 2.68. The van der Waals surface area contributed by atoms with Crippen LogP contribution in [0.25, 0.3) is 0 Å². The van der Waals surface area contributed by atoms with Gasteiger partial charge in [-0.15, -0.1) is 0 Å². The van der Waals surface area contributed by atoms with Crippen molar-refractivity contribution in [2.75, 3.05) is 32.0 Å². The molecule has 3 N–H and O–H groups in total. The van der Waals surface area contributed by atoms with Gasteiger partial charge in [-0.25, -0.2) is 8.42 Å². The Kier molecular flexibility index (Phi) is 5.26. The number of anilines is 1. The van der Waals surface area contributed by atoms with Gasteiger partial charge in [0.05, 0.1) is 17.5 Å². The van der Waals surface area contributed by atoms with E-state index in [1.807, 2.05) is 6.07 Å². The van der Waals surface area contributed by atoms with Gasteiger partial charge in [-0.05, 0) is 36.4 Å². The summed E-state index contributed by atoms with van der Waals surface area (Å²) in [6.07, 6.45) is 0. The lowest BCUT2D eigenvalue weighted by atomic mass is 10.1. The summed E-state index contributed by atoms with van der Waals surface area (Å²) < 4.78 is 26.9. The zero-order valence-corrected chi connectivity index (χ0v) is 15.0. The minimum atomic E-state index is -3.71. The molecule has 2 aromatic rings. The van der Waals surface area contributed by atoms with Crippen molar-refractivity contribution < 1.29 is 18.3 Å². The van der Waals surface area contributed by atoms with Crippen LogP contribution in [0.1, 0.15) is 10.4 Å². The van der Waals surface area contributed by atoms with Gasteiger partial charge in [-0.2, -0.15) is 4.31 Å². The van der Waals surface area contributed by atoms with Crippen molar-refractivity contribution in [1.82, 2.24) is 9.21 Å². The maximum absolute atomic E-state index is 12.8. The van der Waals surface area contributed by atoms with E-state index in [-0.39, 0.29) is 37.0 Å². The molecule has 0 spiro atoms. The minimum Gasteiger partial charge on any atom is -0.399 e. The van der Waals surface area contributed by atoms with Crippen LogP contribution in [0.15, 0.2) is 59.5 Å². The number of aliphatic hydroxyl groups excluding tert-OH is 1. The predicted molar refractivity (Wildman–Crippen MR) is 98.0 cm³/mol. The Morgan fingerprint density at radius 2 is 1.73 bits per heavy atom. The number of nitrogens with zero attached hydrogens (tertiary/aromatic N) is 2. The second-order valence-corrected chi connectivity index (χ2v) is 8.07. The summed E-state index contributed by atoms with van der Waals surface area (Å²) in [5, 5.41) is 9.72. The van der Waals surface area contributed by atoms with Gasteiger partial charge in [-0.3, -0.25) is 4.79 Å². The number of carbonyl (C=O) groups is 1. The number of carbonyl (C=O) groups excluding carboxylic acids is 1. The number of rotatable bonds is 4. The maximum Gasteiger partial charge on any atom is 0.254 e. The number of hydrogen-bond acceptors (Lipinski definition) is 5. The molecule has 1 atom stereocenters. The Bertz CT molecular complexity index is 869. The topological polar surface area (TPSA) is 104 Å². The van der Waals surface area contributed by atoms with Gasteiger partial charge in [0.25, 0.3) is 5.91 Å². The van der Waals surface area contributed by atoms with Gasteiger partial charge >= 0.3 is 0 Å². The van der Waals surface area contributed by atoms with Crippen LogP contribution in [-0.2, 0) is 10.0 Å². The van der Waals surface area contributed by atoms with Gasteiger partial charge in [0, 0.05) is 30.9 Å². The Morgan fingerprint density at radius 3 is 2.35 bits per heavy atom. The van der Waals surface area contributed by atoms with E-state index < -0.39 is 16.1 Å². The molecule has 2 aromatic carbocycles. The molecule has 0 saturated carbocycles. The van der Waals surface area contributed by atoms with Crippen molar-refractivity contribution in [1.29, 1.82) is 0 Å². The lowest BCUT2D eigenvalue weighted by Gasteiger charge is -2.40. The van der Waals surface area contributed by atoms with E-state index in [2.05, 4.69) is 0 Å². The van der Waals surface area contributed by atoms with Gasteiger partial charge in [-0.1, -0.05) is 18.2 Å². The second kappa shape index (κ2) is 7.45. The van der Waals surface area contributed by atoms with Crippen molar-refractivity contribution in [3.8, 4) is 0 Å². The Labute approximate surface area is 152 Å². The molecule has 7 nitrogen and oxygen atoms in total. The quantitative estimate of drug-likeness (QED) is 0.769.